The third-order valence-corrected chi connectivity index (χ3v) is 5.86. The molecule has 0 radical (unpaired) electrons. The van der Waals surface area contributed by atoms with Crippen LogP contribution in [0.25, 0.3) is 28.1 Å². The lowest BCUT2D eigenvalue weighted by Gasteiger charge is -2.41. The van der Waals surface area contributed by atoms with E-state index in [0.717, 1.165) is 16.3 Å². The zero-order valence-corrected chi connectivity index (χ0v) is 16.5. The van der Waals surface area contributed by atoms with Crippen LogP contribution in [0.2, 0.25) is 0 Å². The number of aromatic nitrogens is 2. The lowest BCUT2D eigenvalue weighted by molar-refractivity contribution is -0.0235. The molecule has 0 saturated heterocycles. The van der Waals surface area contributed by atoms with Gasteiger partial charge in [0.2, 0.25) is 0 Å². The van der Waals surface area contributed by atoms with E-state index < -0.39 is 5.60 Å². The zero-order chi connectivity index (χ0) is 20.0. The van der Waals surface area contributed by atoms with Gasteiger partial charge in [-0.2, -0.15) is 0 Å². The molecular weight excluding hydrogens is 362 g/mol. The number of hydrogen-bond acceptors (Lipinski definition) is 5. The molecule has 3 aromatic rings. The summed E-state index contributed by atoms with van der Waals surface area (Å²) in [6, 6.07) is 13.9. The number of aliphatic hydroxyl groups is 1. The monoisotopic (exact) mass is 387 g/mol. The second-order valence-electron chi connectivity index (χ2n) is 8.66. The molecule has 0 spiro atoms. The van der Waals surface area contributed by atoms with Crippen LogP contribution in [-0.4, -0.2) is 32.1 Å². The number of phenolic OH excluding ortho intramolecular Hbond substituents is 1. The lowest BCUT2D eigenvalue weighted by Crippen LogP contribution is -2.48. The van der Waals surface area contributed by atoms with Gasteiger partial charge >= 0.3 is 0 Å². The SMILES string of the molecule is CC1(O)CC(Nc2nnc(-c3ccc(/C=C/C4CC4)cc3O)c3ccccc23)C1. The maximum atomic E-state index is 10.7. The van der Waals surface area contributed by atoms with Crippen LogP contribution in [0.4, 0.5) is 5.82 Å². The molecule has 5 heteroatoms. The summed E-state index contributed by atoms with van der Waals surface area (Å²) in [5.74, 6) is 1.62. The molecule has 2 aliphatic rings. The number of rotatable bonds is 5. The van der Waals surface area contributed by atoms with Gasteiger partial charge in [0.05, 0.1) is 5.60 Å². The second-order valence-corrected chi connectivity index (χ2v) is 8.66. The maximum Gasteiger partial charge on any atom is 0.156 e. The number of anilines is 1. The van der Waals surface area contributed by atoms with Crippen LogP contribution in [-0.2, 0) is 0 Å². The van der Waals surface area contributed by atoms with Gasteiger partial charge < -0.3 is 15.5 Å². The molecule has 0 atom stereocenters. The van der Waals surface area contributed by atoms with E-state index in [1.54, 1.807) is 6.07 Å². The van der Waals surface area contributed by atoms with E-state index in [0.29, 0.717) is 35.8 Å². The van der Waals surface area contributed by atoms with E-state index in [4.69, 9.17) is 0 Å². The third kappa shape index (κ3) is 3.70. The average Bonchev–Trinajstić information content (AvgIpc) is 3.50. The molecule has 5 rings (SSSR count). The minimum atomic E-state index is -0.595. The highest BCUT2D eigenvalue weighted by atomic mass is 16.3. The molecule has 1 aromatic heterocycles. The van der Waals surface area contributed by atoms with Crippen molar-refractivity contribution >= 4 is 22.7 Å². The van der Waals surface area contributed by atoms with Gasteiger partial charge in [-0.05, 0) is 56.2 Å². The molecule has 148 valence electrons. The Morgan fingerprint density at radius 1 is 1.07 bits per heavy atom. The summed E-state index contributed by atoms with van der Waals surface area (Å²) in [5.41, 5.74) is 1.74. The normalized spacial score (nSPS) is 24.0. The smallest absolute Gasteiger partial charge is 0.156 e. The third-order valence-electron chi connectivity index (χ3n) is 5.86. The number of nitrogens with zero attached hydrogens (tertiary/aromatic N) is 2. The Morgan fingerprint density at radius 3 is 2.52 bits per heavy atom. The number of nitrogens with one attached hydrogen (secondary N) is 1. The number of aromatic hydroxyl groups is 1. The average molecular weight is 387 g/mol. The summed E-state index contributed by atoms with van der Waals surface area (Å²) >= 11 is 0. The van der Waals surface area contributed by atoms with Gasteiger partial charge in [0.15, 0.2) is 5.82 Å². The summed E-state index contributed by atoms with van der Waals surface area (Å²) in [7, 11) is 0. The van der Waals surface area contributed by atoms with Crippen LogP contribution in [0.15, 0.2) is 48.5 Å². The van der Waals surface area contributed by atoms with Crippen LogP contribution in [0, 0.1) is 5.92 Å². The Hall–Kier alpha value is -2.92. The van der Waals surface area contributed by atoms with E-state index in [1.807, 2.05) is 43.3 Å². The molecule has 1 heterocycles. The summed E-state index contributed by atoms with van der Waals surface area (Å²) in [6.07, 6.45) is 8.21. The van der Waals surface area contributed by atoms with E-state index >= 15 is 0 Å². The quantitative estimate of drug-likeness (QED) is 0.589. The van der Waals surface area contributed by atoms with Crippen molar-refractivity contribution in [1.82, 2.24) is 10.2 Å². The summed E-state index contributed by atoms with van der Waals surface area (Å²) < 4.78 is 0. The maximum absolute atomic E-state index is 10.7. The molecule has 0 unspecified atom stereocenters. The molecular formula is C24H25N3O2. The van der Waals surface area contributed by atoms with Crippen molar-refractivity contribution in [2.75, 3.05) is 5.32 Å². The van der Waals surface area contributed by atoms with Crippen molar-refractivity contribution in [3.8, 4) is 17.0 Å². The summed E-state index contributed by atoms with van der Waals surface area (Å²) in [5, 5.41) is 34.8. The predicted octanol–water partition coefficient (Wildman–Crippen LogP) is 4.75. The van der Waals surface area contributed by atoms with Crippen molar-refractivity contribution in [2.24, 2.45) is 5.92 Å². The Kier molecular flexibility index (Phi) is 4.28. The highest BCUT2D eigenvalue weighted by molar-refractivity contribution is 6.01. The van der Waals surface area contributed by atoms with Gasteiger partial charge in [0.25, 0.3) is 0 Å². The van der Waals surface area contributed by atoms with Gasteiger partial charge in [-0.1, -0.05) is 42.5 Å². The van der Waals surface area contributed by atoms with E-state index in [1.165, 1.54) is 12.8 Å². The molecule has 0 bridgehead atoms. The second kappa shape index (κ2) is 6.85. The minimum absolute atomic E-state index is 0.194. The molecule has 2 fully saturated rings. The molecule has 2 aliphatic carbocycles. The first-order valence-electron chi connectivity index (χ1n) is 10.2. The standard InChI is InChI=1S/C24H25N3O2/c1-24(29)13-17(14-24)25-23-19-5-3-2-4-18(19)22(26-27-23)20-11-10-16(12-21(20)28)9-8-15-6-7-15/h2-5,8-12,15,17,28-29H,6-7,13-14H2,1H3,(H,25,27)/b9-8+. The molecule has 3 N–H and O–H groups in total. The largest absolute Gasteiger partial charge is 0.507 e. The Balaban J connectivity index is 1.48. The van der Waals surface area contributed by atoms with Crippen molar-refractivity contribution in [2.45, 2.75) is 44.2 Å². The fourth-order valence-electron chi connectivity index (χ4n) is 4.10. The highest BCUT2D eigenvalue weighted by Crippen LogP contribution is 2.38. The number of hydrogen-bond donors (Lipinski definition) is 3. The number of benzene rings is 2. The highest BCUT2D eigenvalue weighted by Gasteiger charge is 2.38. The summed E-state index contributed by atoms with van der Waals surface area (Å²) in [6.45, 7) is 1.85. The van der Waals surface area contributed by atoms with Gasteiger partial charge in [-0.25, -0.2) is 0 Å². The fraction of sp³-hybridized carbons (Fsp3) is 0.333. The number of allylic oxidation sites excluding steroid dienone is 1. The molecule has 5 nitrogen and oxygen atoms in total. The number of fused-ring (bicyclic) bond motifs is 1. The number of phenols is 1. The van der Waals surface area contributed by atoms with Crippen LogP contribution in [0.3, 0.4) is 0 Å². The van der Waals surface area contributed by atoms with Crippen LogP contribution < -0.4 is 5.32 Å². The van der Waals surface area contributed by atoms with Gasteiger partial charge in [-0.3, -0.25) is 0 Å². The zero-order valence-electron chi connectivity index (χ0n) is 16.5. The van der Waals surface area contributed by atoms with Crippen molar-refractivity contribution < 1.29 is 10.2 Å². The first-order valence-corrected chi connectivity index (χ1v) is 10.2. The van der Waals surface area contributed by atoms with Gasteiger partial charge in [0.1, 0.15) is 11.4 Å². The van der Waals surface area contributed by atoms with Crippen LogP contribution in [0.5, 0.6) is 5.75 Å². The van der Waals surface area contributed by atoms with Crippen LogP contribution in [0.1, 0.15) is 38.2 Å². The molecule has 2 saturated carbocycles. The molecule has 0 amide bonds. The van der Waals surface area contributed by atoms with Crippen LogP contribution >= 0.6 is 0 Å². The van der Waals surface area contributed by atoms with Crippen molar-refractivity contribution in [3.05, 3.63) is 54.1 Å². The Morgan fingerprint density at radius 2 is 1.83 bits per heavy atom. The van der Waals surface area contributed by atoms with E-state index in [-0.39, 0.29) is 11.8 Å². The molecule has 29 heavy (non-hydrogen) atoms. The summed E-state index contributed by atoms with van der Waals surface area (Å²) in [4.78, 5) is 0. The van der Waals surface area contributed by atoms with E-state index in [2.05, 4.69) is 27.7 Å². The fourth-order valence-corrected chi connectivity index (χ4v) is 4.10. The van der Waals surface area contributed by atoms with Gasteiger partial charge in [-0.15, -0.1) is 10.2 Å². The van der Waals surface area contributed by atoms with Gasteiger partial charge in [0, 0.05) is 22.4 Å². The van der Waals surface area contributed by atoms with E-state index in [9.17, 15) is 10.2 Å². The van der Waals surface area contributed by atoms with Crippen molar-refractivity contribution in [3.63, 3.8) is 0 Å². The topological polar surface area (TPSA) is 78.3 Å². The first-order chi connectivity index (χ1) is 14.0. The predicted molar refractivity (Wildman–Crippen MR) is 116 cm³/mol. The minimum Gasteiger partial charge on any atom is -0.507 e. The molecule has 0 aliphatic heterocycles. The molecule has 2 aromatic carbocycles. The lowest BCUT2D eigenvalue weighted by atomic mass is 9.77. The van der Waals surface area contributed by atoms with Crippen molar-refractivity contribution in [1.29, 1.82) is 0 Å². The first kappa shape index (κ1) is 18.1. The Bertz CT molecular complexity index is 1090. The Labute approximate surface area is 170 Å².